The number of aliphatic hydroxyl groups is 3. The van der Waals surface area contributed by atoms with E-state index in [1.54, 1.807) is 0 Å². The Morgan fingerprint density at radius 3 is 1.51 bits per heavy atom. The maximum absolute atomic E-state index is 11.8. The van der Waals surface area contributed by atoms with Gasteiger partial charge in [-0.25, -0.2) is 0 Å². The molecule has 1 aliphatic heterocycles. The molecule has 0 saturated carbocycles. The van der Waals surface area contributed by atoms with Crippen molar-refractivity contribution in [3.05, 3.63) is 0 Å². The highest BCUT2D eigenvalue weighted by molar-refractivity contribution is 5.73. The fourth-order valence-electron chi connectivity index (χ4n) is 6.00. The lowest BCUT2D eigenvalue weighted by Gasteiger charge is -2.42. The van der Waals surface area contributed by atoms with Gasteiger partial charge in [0, 0.05) is 6.92 Å². The molecule has 1 fully saturated rings. The summed E-state index contributed by atoms with van der Waals surface area (Å²) in [5.41, 5.74) is 0. The molecule has 0 spiro atoms. The molecule has 7 heteroatoms. The lowest BCUT2D eigenvalue weighted by Crippen LogP contribution is -2.64. The first-order valence-corrected chi connectivity index (χ1v) is 17.5. The van der Waals surface area contributed by atoms with E-state index >= 15 is 0 Å². The largest absolute Gasteiger partial charge is 0.394 e. The third kappa shape index (κ3) is 18.5. The first-order chi connectivity index (χ1) is 19.9. The van der Waals surface area contributed by atoms with Gasteiger partial charge in [0.1, 0.15) is 24.4 Å². The average Bonchev–Trinajstić information content (AvgIpc) is 2.96. The van der Waals surface area contributed by atoms with Gasteiger partial charge in [0.2, 0.25) is 5.91 Å². The van der Waals surface area contributed by atoms with Crippen molar-refractivity contribution in [2.24, 2.45) is 5.92 Å². The van der Waals surface area contributed by atoms with E-state index in [9.17, 15) is 20.1 Å². The molecule has 0 bridgehead atoms. The lowest BCUT2D eigenvalue weighted by molar-refractivity contribution is -0.272. The summed E-state index contributed by atoms with van der Waals surface area (Å²) in [6.45, 7) is 5.95. The van der Waals surface area contributed by atoms with Gasteiger partial charge in [0.05, 0.1) is 13.2 Å². The van der Waals surface area contributed by atoms with Gasteiger partial charge in [-0.3, -0.25) is 4.79 Å². The minimum Gasteiger partial charge on any atom is -0.394 e. The molecule has 1 aliphatic rings. The van der Waals surface area contributed by atoms with Crippen LogP contribution in [0.15, 0.2) is 0 Å². The molecular weight excluding hydrogens is 518 g/mol. The number of aliphatic hydroxyl groups excluding tert-OH is 3. The smallest absolute Gasteiger partial charge is 0.217 e. The second kappa shape index (κ2) is 25.7. The summed E-state index contributed by atoms with van der Waals surface area (Å²) in [6, 6.07) is -0.874. The molecule has 4 N–H and O–H groups in total. The van der Waals surface area contributed by atoms with E-state index in [1.807, 2.05) is 0 Å². The summed E-state index contributed by atoms with van der Waals surface area (Å²) in [4.78, 5) is 11.8. The number of hydrogen-bond acceptors (Lipinski definition) is 6. The summed E-state index contributed by atoms with van der Waals surface area (Å²) < 4.78 is 12.0. The van der Waals surface area contributed by atoms with Gasteiger partial charge in [0.15, 0.2) is 6.29 Å². The monoisotopic (exact) mass is 585 g/mol. The predicted molar refractivity (Wildman–Crippen MR) is 168 cm³/mol. The van der Waals surface area contributed by atoms with Crippen LogP contribution in [0, 0.1) is 5.92 Å². The van der Waals surface area contributed by atoms with Crippen LogP contribution in [0.2, 0.25) is 0 Å². The fourth-order valence-corrected chi connectivity index (χ4v) is 6.00. The van der Waals surface area contributed by atoms with E-state index in [0.717, 1.165) is 12.8 Å². The van der Waals surface area contributed by atoms with E-state index in [2.05, 4.69) is 19.2 Å². The Labute approximate surface area is 252 Å². The van der Waals surface area contributed by atoms with Crippen LogP contribution in [-0.4, -0.2) is 65.1 Å². The Bertz CT molecular complexity index is 582. The molecule has 244 valence electrons. The number of amides is 1. The highest BCUT2D eigenvalue weighted by Crippen LogP contribution is 2.25. The van der Waals surface area contributed by atoms with Crippen LogP contribution in [0.4, 0.5) is 0 Å². The highest BCUT2D eigenvalue weighted by Gasteiger charge is 2.45. The molecule has 0 radical (unpaired) electrons. The van der Waals surface area contributed by atoms with Crippen molar-refractivity contribution in [1.82, 2.24) is 5.32 Å². The van der Waals surface area contributed by atoms with Crippen LogP contribution in [0.3, 0.4) is 0 Å². The zero-order valence-corrected chi connectivity index (χ0v) is 27.0. The normalized spacial score (nSPS) is 22.9. The third-order valence-electron chi connectivity index (χ3n) is 8.68. The van der Waals surface area contributed by atoms with Crippen molar-refractivity contribution in [1.29, 1.82) is 0 Å². The summed E-state index contributed by atoms with van der Waals surface area (Å²) >= 11 is 0. The van der Waals surface area contributed by atoms with E-state index in [4.69, 9.17) is 9.47 Å². The van der Waals surface area contributed by atoms with Crippen LogP contribution in [0.1, 0.15) is 162 Å². The van der Waals surface area contributed by atoms with Crippen molar-refractivity contribution in [2.45, 2.75) is 193 Å². The SMILES string of the molecule is CCCCCCCCCCCCC(CCCCCCCCCCCC)COC1OC(CO)C(O)C(O)C1NC(C)=O. The van der Waals surface area contributed by atoms with E-state index in [1.165, 1.54) is 135 Å². The Hall–Kier alpha value is -0.730. The molecule has 41 heavy (non-hydrogen) atoms. The molecule has 7 nitrogen and oxygen atoms in total. The molecule has 5 atom stereocenters. The number of unbranched alkanes of at least 4 members (excludes halogenated alkanes) is 18. The fraction of sp³-hybridized carbons (Fsp3) is 0.971. The summed E-state index contributed by atoms with van der Waals surface area (Å²) in [5.74, 6) is 0.0596. The molecule has 1 heterocycles. The minimum absolute atomic E-state index is 0.326. The van der Waals surface area contributed by atoms with Crippen LogP contribution >= 0.6 is 0 Å². The van der Waals surface area contributed by atoms with Gasteiger partial charge < -0.3 is 30.1 Å². The van der Waals surface area contributed by atoms with Crippen molar-refractivity contribution < 1.29 is 29.6 Å². The summed E-state index contributed by atoms with van der Waals surface area (Å²) in [6.07, 6.45) is 24.1. The van der Waals surface area contributed by atoms with E-state index in [0.29, 0.717) is 12.5 Å². The molecule has 5 unspecified atom stereocenters. The van der Waals surface area contributed by atoms with Gasteiger partial charge in [-0.15, -0.1) is 0 Å². The van der Waals surface area contributed by atoms with Crippen molar-refractivity contribution in [2.75, 3.05) is 13.2 Å². The van der Waals surface area contributed by atoms with Crippen LogP contribution in [-0.2, 0) is 14.3 Å². The second-order valence-corrected chi connectivity index (χ2v) is 12.6. The molecule has 1 saturated heterocycles. The van der Waals surface area contributed by atoms with Gasteiger partial charge >= 0.3 is 0 Å². The Kier molecular flexibility index (Phi) is 24.0. The molecular formula is C34H67NO6. The first kappa shape index (κ1) is 38.3. The first-order valence-electron chi connectivity index (χ1n) is 17.5. The molecule has 0 aromatic heterocycles. The van der Waals surface area contributed by atoms with Gasteiger partial charge in [-0.2, -0.15) is 0 Å². The number of rotatable bonds is 27. The van der Waals surface area contributed by atoms with Gasteiger partial charge in [-0.1, -0.05) is 142 Å². The predicted octanol–water partition coefficient (Wildman–Crippen LogP) is 7.18. The zero-order chi connectivity index (χ0) is 30.1. The molecule has 0 aromatic carbocycles. The number of ether oxygens (including phenoxy) is 2. The van der Waals surface area contributed by atoms with Crippen LogP contribution in [0.5, 0.6) is 0 Å². The highest BCUT2D eigenvalue weighted by atomic mass is 16.7. The van der Waals surface area contributed by atoms with Crippen LogP contribution in [0.25, 0.3) is 0 Å². The molecule has 0 aromatic rings. The van der Waals surface area contributed by atoms with Crippen molar-refractivity contribution >= 4 is 5.91 Å². The zero-order valence-electron chi connectivity index (χ0n) is 27.0. The van der Waals surface area contributed by atoms with E-state index < -0.39 is 37.3 Å². The Balaban J connectivity index is 2.49. The molecule has 1 rings (SSSR count). The number of carbonyl (C=O) groups excluding carboxylic acids is 1. The van der Waals surface area contributed by atoms with Crippen LogP contribution < -0.4 is 5.32 Å². The minimum atomic E-state index is -1.29. The van der Waals surface area contributed by atoms with Crippen molar-refractivity contribution in [3.8, 4) is 0 Å². The maximum Gasteiger partial charge on any atom is 0.217 e. The Morgan fingerprint density at radius 2 is 1.12 bits per heavy atom. The van der Waals surface area contributed by atoms with E-state index in [-0.39, 0.29) is 5.91 Å². The molecule has 0 aliphatic carbocycles. The molecule has 1 amide bonds. The van der Waals surface area contributed by atoms with Gasteiger partial charge in [-0.05, 0) is 18.8 Å². The summed E-state index contributed by atoms with van der Waals surface area (Å²) in [7, 11) is 0. The topological polar surface area (TPSA) is 108 Å². The average molecular weight is 586 g/mol. The Morgan fingerprint density at radius 1 is 0.707 bits per heavy atom. The standard InChI is InChI=1S/C34H67NO6/c1-4-6-8-10-12-14-16-18-20-22-24-29(25-23-21-19-17-15-13-11-9-7-5-2)27-40-34-31(35-28(3)37)33(39)32(38)30(26-36)41-34/h29-34,36,38-39H,4-27H2,1-3H3,(H,35,37). The van der Waals surface area contributed by atoms with Crippen molar-refractivity contribution in [3.63, 3.8) is 0 Å². The quantitative estimate of drug-likeness (QED) is 0.0760. The third-order valence-corrected chi connectivity index (χ3v) is 8.68. The maximum atomic E-state index is 11.8. The summed E-state index contributed by atoms with van der Waals surface area (Å²) in [5, 5.41) is 33.2. The van der Waals surface area contributed by atoms with Gasteiger partial charge in [0.25, 0.3) is 0 Å². The second-order valence-electron chi connectivity index (χ2n) is 12.6. The number of nitrogens with one attached hydrogen (secondary N) is 1. The lowest BCUT2D eigenvalue weighted by atomic mass is 9.94. The number of carbonyl (C=O) groups is 1. The number of hydrogen-bond donors (Lipinski definition) is 4.